The van der Waals surface area contributed by atoms with Gasteiger partial charge in [-0.05, 0) is 29.0 Å². The molecule has 1 unspecified atom stereocenters. The Labute approximate surface area is 115 Å². The molecule has 3 rings (SSSR count). The normalized spacial score (nSPS) is 18.9. The van der Waals surface area contributed by atoms with E-state index in [0.29, 0.717) is 34.6 Å². The summed E-state index contributed by atoms with van der Waals surface area (Å²) in [6.45, 7) is 2.26. The summed E-state index contributed by atoms with van der Waals surface area (Å²) in [7, 11) is 0. The second kappa shape index (κ2) is 5.14. The lowest BCUT2D eigenvalue weighted by Gasteiger charge is -2.11. The van der Waals surface area contributed by atoms with Crippen molar-refractivity contribution < 1.29 is 4.74 Å². The zero-order valence-corrected chi connectivity index (χ0v) is 11.0. The monoisotopic (exact) mass is 279 g/mol. The fourth-order valence-corrected chi connectivity index (χ4v) is 2.52. The van der Waals surface area contributed by atoms with Crippen LogP contribution in [0.5, 0.6) is 0 Å². The number of halogens is 1. The van der Waals surface area contributed by atoms with Crippen LogP contribution in [0.2, 0.25) is 5.02 Å². The standard InChI is InChI=1S/C12H14ClN5O/c13-9-2-1-3-10(14)11(9)12-15-16-17-18(12)6-8-4-5-19-7-8/h1-3,8H,4-7,14H2. The molecule has 1 aromatic carbocycles. The highest BCUT2D eigenvalue weighted by atomic mass is 35.5. The summed E-state index contributed by atoms with van der Waals surface area (Å²) >= 11 is 6.20. The van der Waals surface area contributed by atoms with Gasteiger partial charge in [-0.25, -0.2) is 4.68 Å². The van der Waals surface area contributed by atoms with Crippen molar-refractivity contribution in [3.8, 4) is 11.4 Å². The van der Waals surface area contributed by atoms with Gasteiger partial charge in [-0.2, -0.15) is 0 Å². The number of ether oxygens (including phenoxy) is 1. The van der Waals surface area contributed by atoms with Gasteiger partial charge in [-0.15, -0.1) is 5.10 Å². The van der Waals surface area contributed by atoms with Crippen molar-refractivity contribution >= 4 is 17.3 Å². The fraction of sp³-hybridized carbons (Fsp3) is 0.417. The Hall–Kier alpha value is -1.66. The molecular weight excluding hydrogens is 266 g/mol. The smallest absolute Gasteiger partial charge is 0.185 e. The average Bonchev–Trinajstić information content (AvgIpc) is 3.02. The average molecular weight is 280 g/mol. The maximum Gasteiger partial charge on any atom is 0.185 e. The van der Waals surface area contributed by atoms with Crippen LogP contribution in [-0.2, 0) is 11.3 Å². The largest absolute Gasteiger partial charge is 0.398 e. The molecule has 0 bridgehead atoms. The number of benzene rings is 1. The van der Waals surface area contributed by atoms with E-state index in [9.17, 15) is 0 Å². The Balaban J connectivity index is 1.95. The molecule has 100 valence electrons. The molecule has 2 heterocycles. The number of anilines is 1. The van der Waals surface area contributed by atoms with Crippen molar-refractivity contribution in [1.29, 1.82) is 0 Å². The summed E-state index contributed by atoms with van der Waals surface area (Å²) in [5.74, 6) is 1.04. The third kappa shape index (κ3) is 2.41. The minimum Gasteiger partial charge on any atom is -0.398 e. The highest BCUT2D eigenvalue weighted by molar-refractivity contribution is 6.33. The van der Waals surface area contributed by atoms with E-state index in [1.807, 2.05) is 0 Å². The van der Waals surface area contributed by atoms with Crippen molar-refractivity contribution in [2.75, 3.05) is 18.9 Å². The molecule has 6 nitrogen and oxygen atoms in total. The topological polar surface area (TPSA) is 78.9 Å². The van der Waals surface area contributed by atoms with Crippen LogP contribution in [0.1, 0.15) is 6.42 Å². The zero-order chi connectivity index (χ0) is 13.2. The van der Waals surface area contributed by atoms with Crippen molar-refractivity contribution in [3.63, 3.8) is 0 Å². The van der Waals surface area contributed by atoms with E-state index in [4.69, 9.17) is 22.1 Å². The SMILES string of the molecule is Nc1cccc(Cl)c1-c1nnnn1CC1CCOC1. The lowest BCUT2D eigenvalue weighted by atomic mass is 10.1. The van der Waals surface area contributed by atoms with E-state index >= 15 is 0 Å². The molecule has 2 aromatic rings. The number of nitrogens with two attached hydrogens (primary N) is 1. The van der Waals surface area contributed by atoms with Crippen molar-refractivity contribution in [2.45, 2.75) is 13.0 Å². The van der Waals surface area contributed by atoms with Crippen LogP contribution in [0.4, 0.5) is 5.69 Å². The molecule has 1 aromatic heterocycles. The maximum atomic E-state index is 6.20. The summed E-state index contributed by atoms with van der Waals surface area (Å²) in [4.78, 5) is 0. The summed E-state index contributed by atoms with van der Waals surface area (Å²) in [6, 6.07) is 5.38. The lowest BCUT2D eigenvalue weighted by Crippen LogP contribution is -2.13. The first-order chi connectivity index (χ1) is 9.25. The predicted molar refractivity (Wildman–Crippen MR) is 71.6 cm³/mol. The minimum absolute atomic E-state index is 0.436. The van der Waals surface area contributed by atoms with Gasteiger partial charge in [0.15, 0.2) is 5.82 Å². The van der Waals surface area contributed by atoms with Gasteiger partial charge in [0.05, 0.1) is 23.7 Å². The fourth-order valence-electron chi connectivity index (χ4n) is 2.26. The van der Waals surface area contributed by atoms with Gasteiger partial charge < -0.3 is 10.5 Å². The van der Waals surface area contributed by atoms with Gasteiger partial charge in [0.2, 0.25) is 0 Å². The van der Waals surface area contributed by atoms with E-state index in [1.165, 1.54) is 0 Å². The summed E-state index contributed by atoms with van der Waals surface area (Å²) < 4.78 is 7.11. The molecule has 19 heavy (non-hydrogen) atoms. The maximum absolute atomic E-state index is 6.20. The highest BCUT2D eigenvalue weighted by Gasteiger charge is 2.21. The van der Waals surface area contributed by atoms with Crippen LogP contribution < -0.4 is 5.73 Å². The summed E-state index contributed by atoms with van der Waals surface area (Å²) in [5.41, 5.74) is 7.23. The van der Waals surface area contributed by atoms with Gasteiger partial charge in [0, 0.05) is 18.2 Å². The van der Waals surface area contributed by atoms with Crippen molar-refractivity contribution in [1.82, 2.24) is 20.2 Å². The van der Waals surface area contributed by atoms with Gasteiger partial charge in [0.1, 0.15) is 0 Å². The molecule has 0 radical (unpaired) electrons. The Kier molecular flexibility index (Phi) is 3.35. The number of rotatable bonds is 3. The molecular formula is C12H14ClN5O. The lowest BCUT2D eigenvalue weighted by molar-refractivity contribution is 0.181. The van der Waals surface area contributed by atoms with E-state index in [1.54, 1.807) is 22.9 Å². The molecule has 1 saturated heterocycles. The van der Waals surface area contributed by atoms with E-state index in [0.717, 1.165) is 19.6 Å². The van der Waals surface area contributed by atoms with Crippen LogP contribution in [0.3, 0.4) is 0 Å². The molecule has 1 fully saturated rings. The zero-order valence-electron chi connectivity index (χ0n) is 10.3. The molecule has 1 aliphatic rings. The number of aromatic nitrogens is 4. The third-order valence-electron chi connectivity index (χ3n) is 3.26. The first-order valence-corrected chi connectivity index (χ1v) is 6.52. The number of hydrogen-bond donors (Lipinski definition) is 1. The second-order valence-corrected chi connectivity index (χ2v) is 5.03. The number of nitrogens with zero attached hydrogens (tertiary/aromatic N) is 4. The Morgan fingerprint density at radius 1 is 1.47 bits per heavy atom. The Morgan fingerprint density at radius 2 is 2.37 bits per heavy atom. The van der Waals surface area contributed by atoms with Crippen LogP contribution in [0, 0.1) is 5.92 Å². The molecule has 0 amide bonds. The van der Waals surface area contributed by atoms with E-state index in [2.05, 4.69) is 15.5 Å². The van der Waals surface area contributed by atoms with E-state index in [-0.39, 0.29) is 0 Å². The van der Waals surface area contributed by atoms with Crippen LogP contribution in [0.25, 0.3) is 11.4 Å². The molecule has 0 spiro atoms. The number of hydrogen-bond acceptors (Lipinski definition) is 5. The van der Waals surface area contributed by atoms with Crippen molar-refractivity contribution in [2.24, 2.45) is 5.92 Å². The van der Waals surface area contributed by atoms with Crippen LogP contribution >= 0.6 is 11.6 Å². The van der Waals surface area contributed by atoms with Gasteiger partial charge in [0.25, 0.3) is 0 Å². The predicted octanol–water partition coefficient (Wildman–Crippen LogP) is 1.61. The Bertz CT molecular complexity index is 559. The first-order valence-electron chi connectivity index (χ1n) is 6.14. The third-order valence-corrected chi connectivity index (χ3v) is 3.57. The van der Waals surface area contributed by atoms with Crippen LogP contribution in [-0.4, -0.2) is 33.4 Å². The number of nitrogen functional groups attached to an aromatic ring is 1. The van der Waals surface area contributed by atoms with Gasteiger partial charge >= 0.3 is 0 Å². The highest BCUT2D eigenvalue weighted by Crippen LogP contribution is 2.31. The first kappa shape index (κ1) is 12.4. The Morgan fingerprint density at radius 3 is 3.11 bits per heavy atom. The van der Waals surface area contributed by atoms with Gasteiger partial charge in [-0.1, -0.05) is 17.7 Å². The summed E-state index contributed by atoms with van der Waals surface area (Å²) in [5, 5.41) is 12.4. The van der Waals surface area contributed by atoms with Crippen LogP contribution in [0.15, 0.2) is 18.2 Å². The summed E-state index contributed by atoms with van der Waals surface area (Å²) in [6.07, 6.45) is 1.03. The second-order valence-electron chi connectivity index (χ2n) is 4.62. The quantitative estimate of drug-likeness (QED) is 0.864. The molecule has 1 atom stereocenters. The number of tetrazole rings is 1. The molecule has 1 aliphatic heterocycles. The van der Waals surface area contributed by atoms with E-state index < -0.39 is 0 Å². The van der Waals surface area contributed by atoms with Gasteiger partial charge in [-0.3, -0.25) is 0 Å². The molecule has 0 saturated carbocycles. The molecule has 7 heteroatoms. The van der Waals surface area contributed by atoms with Crippen molar-refractivity contribution in [3.05, 3.63) is 23.2 Å². The minimum atomic E-state index is 0.436. The molecule has 2 N–H and O–H groups in total. The molecule has 0 aliphatic carbocycles.